The van der Waals surface area contributed by atoms with Gasteiger partial charge < -0.3 is 15.2 Å². The van der Waals surface area contributed by atoms with Gasteiger partial charge in [0.2, 0.25) is 0 Å². The molecule has 0 saturated carbocycles. The van der Waals surface area contributed by atoms with Gasteiger partial charge >= 0.3 is 0 Å². The summed E-state index contributed by atoms with van der Waals surface area (Å²) in [6.07, 6.45) is 0. The molecule has 2 N–H and O–H groups in total. The molecular weight excluding hydrogens is 342 g/mol. The maximum absolute atomic E-state index is 6.34. The zero-order chi connectivity index (χ0) is 14.7. The summed E-state index contributed by atoms with van der Waals surface area (Å²) in [6.45, 7) is 0.462. The SMILES string of the molecule is COc1ccc(-c2ccc(CN)cc2Cl)c(OC)c1Br. The molecule has 106 valence electrons. The van der Waals surface area contributed by atoms with Crippen LogP contribution in [0.2, 0.25) is 5.02 Å². The average Bonchev–Trinajstić information content (AvgIpc) is 2.46. The predicted octanol–water partition coefficient (Wildman–Crippen LogP) is 4.25. The van der Waals surface area contributed by atoms with Gasteiger partial charge in [0.25, 0.3) is 0 Å². The Labute approximate surface area is 131 Å². The molecule has 0 aliphatic carbocycles. The first kappa shape index (κ1) is 15.2. The van der Waals surface area contributed by atoms with Gasteiger partial charge in [-0.15, -0.1) is 0 Å². The number of ether oxygens (including phenoxy) is 2. The van der Waals surface area contributed by atoms with Crippen molar-refractivity contribution in [3.05, 3.63) is 45.4 Å². The van der Waals surface area contributed by atoms with Crippen LogP contribution in [0.5, 0.6) is 11.5 Å². The van der Waals surface area contributed by atoms with E-state index in [1.807, 2.05) is 30.3 Å². The lowest BCUT2D eigenvalue weighted by atomic mass is 10.0. The van der Waals surface area contributed by atoms with Crippen molar-refractivity contribution in [3.8, 4) is 22.6 Å². The lowest BCUT2D eigenvalue weighted by Crippen LogP contribution is -1.97. The second-order valence-corrected chi connectivity index (χ2v) is 5.38. The lowest BCUT2D eigenvalue weighted by molar-refractivity contribution is 0.390. The smallest absolute Gasteiger partial charge is 0.144 e. The molecule has 0 aliphatic rings. The molecule has 0 unspecified atom stereocenters. The molecule has 0 amide bonds. The van der Waals surface area contributed by atoms with Gasteiger partial charge in [-0.3, -0.25) is 0 Å². The molecule has 2 aromatic rings. The first-order chi connectivity index (χ1) is 9.62. The number of rotatable bonds is 4. The number of benzene rings is 2. The molecule has 0 atom stereocenters. The van der Waals surface area contributed by atoms with Crippen LogP contribution < -0.4 is 15.2 Å². The minimum absolute atomic E-state index is 0.462. The van der Waals surface area contributed by atoms with Crippen molar-refractivity contribution >= 4 is 27.5 Å². The van der Waals surface area contributed by atoms with Gasteiger partial charge in [0, 0.05) is 22.7 Å². The molecule has 5 heteroatoms. The Hall–Kier alpha value is -1.23. The third-order valence-corrected chi connectivity index (χ3v) is 4.11. The fourth-order valence-electron chi connectivity index (χ4n) is 2.01. The third kappa shape index (κ3) is 2.77. The van der Waals surface area contributed by atoms with Gasteiger partial charge in [0.15, 0.2) is 0 Å². The molecule has 20 heavy (non-hydrogen) atoms. The molecule has 0 fully saturated rings. The van der Waals surface area contributed by atoms with E-state index >= 15 is 0 Å². The Morgan fingerprint density at radius 3 is 2.35 bits per heavy atom. The Balaban J connectivity index is 2.61. The normalized spacial score (nSPS) is 10.4. The number of halogens is 2. The highest BCUT2D eigenvalue weighted by Crippen LogP contribution is 2.43. The second kappa shape index (κ2) is 6.48. The van der Waals surface area contributed by atoms with Gasteiger partial charge in [0.05, 0.1) is 14.2 Å². The maximum Gasteiger partial charge on any atom is 0.144 e. The Bertz CT molecular complexity index is 632. The molecular formula is C15H15BrClNO2. The van der Waals surface area contributed by atoms with Crippen molar-refractivity contribution in [3.63, 3.8) is 0 Å². The maximum atomic E-state index is 6.34. The zero-order valence-corrected chi connectivity index (χ0v) is 13.6. The lowest BCUT2D eigenvalue weighted by Gasteiger charge is -2.15. The minimum atomic E-state index is 0.462. The Morgan fingerprint density at radius 1 is 1.10 bits per heavy atom. The molecule has 0 aliphatic heterocycles. The molecule has 0 bridgehead atoms. The highest BCUT2D eigenvalue weighted by molar-refractivity contribution is 9.10. The summed E-state index contributed by atoms with van der Waals surface area (Å²) >= 11 is 9.83. The fraction of sp³-hybridized carbons (Fsp3) is 0.200. The number of hydrogen-bond acceptors (Lipinski definition) is 3. The standard InChI is InChI=1S/C15H15BrClNO2/c1-19-13-6-5-11(15(20-2)14(13)16)10-4-3-9(8-18)7-12(10)17/h3-7H,8,18H2,1-2H3. The van der Waals surface area contributed by atoms with Crippen molar-refractivity contribution < 1.29 is 9.47 Å². The van der Waals surface area contributed by atoms with Gasteiger partial charge in [0.1, 0.15) is 16.0 Å². The van der Waals surface area contributed by atoms with E-state index < -0.39 is 0 Å². The quantitative estimate of drug-likeness (QED) is 0.891. The van der Waals surface area contributed by atoms with E-state index in [1.165, 1.54) is 0 Å². The van der Waals surface area contributed by atoms with Crippen LogP contribution in [0, 0.1) is 0 Å². The molecule has 2 aromatic carbocycles. The molecule has 0 heterocycles. The average molecular weight is 357 g/mol. The van der Waals surface area contributed by atoms with Crippen molar-refractivity contribution in [2.24, 2.45) is 5.73 Å². The van der Waals surface area contributed by atoms with Gasteiger partial charge in [-0.1, -0.05) is 23.7 Å². The molecule has 0 aromatic heterocycles. The summed E-state index contributed by atoms with van der Waals surface area (Å²) in [5, 5.41) is 0.642. The van der Waals surface area contributed by atoms with Crippen LogP contribution in [0.1, 0.15) is 5.56 Å². The predicted molar refractivity (Wildman–Crippen MR) is 85.6 cm³/mol. The topological polar surface area (TPSA) is 44.5 Å². The van der Waals surface area contributed by atoms with E-state index in [0.717, 1.165) is 21.2 Å². The third-order valence-electron chi connectivity index (χ3n) is 3.05. The van der Waals surface area contributed by atoms with Gasteiger partial charge in [-0.05, 0) is 39.7 Å². The molecule has 0 spiro atoms. The summed E-state index contributed by atoms with van der Waals surface area (Å²) in [6, 6.07) is 9.56. The highest BCUT2D eigenvalue weighted by atomic mass is 79.9. The van der Waals surface area contributed by atoms with Crippen LogP contribution in [-0.4, -0.2) is 14.2 Å². The summed E-state index contributed by atoms with van der Waals surface area (Å²) in [4.78, 5) is 0. The van der Waals surface area contributed by atoms with E-state index in [1.54, 1.807) is 14.2 Å². The molecule has 3 nitrogen and oxygen atoms in total. The Kier molecular flexibility index (Phi) is 4.91. The first-order valence-electron chi connectivity index (χ1n) is 6.01. The van der Waals surface area contributed by atoms with Crippen LogP contribution in [0.4, 0.5) is 0 Å². The fourth-order valence-corrected chi connectivity index (χ4v) is 2.99. The van der Waals surface area contributed by atoms with Crippen LogP contribution in [0.25, 0.3) is 11.1 Å². The second-order valence-electron chi connectivity index (χ2n) is 4.18. The number of methoxy groups -OCH3 is 2. The van der Waals surface area contributed by atoms with E-state index in [4.69, 9.17) is 26.8 Å². The Morgan fingerprint density at radius 2 is 1.80 bits per heavy atom. The van der Waals surface area contributed by atoms with E-state index in [2.05, 4.69) is 15.9 Å². The largest absolute Gasteiger partial charge is 0.495 e. The first-order valence-corrected chi connectivity index (χ1v) is 7.18. The molecule has 2 rings (SSSR count). The number of hydrogen-bond donors (Lipinski definition) is 1. The highest BCUT2D eigenvalue weighted by Gasteiger charge is 2.16. The number of nitrogens with two attached hydrogens (primary N) is 1. The summed E-state index contributed by atoms with van der Waals surface area (Å²) in [5.41, 5.74) is 8.40. The van der Waals surface area contributed by atoms with E-state index in [9.17, 15) is 0 Å². The van der Waals surface area contributed by atoms with E-state index in [0.29, 0.717) is 23.1 Å². The van der Waals surface area contributed by atoms with E-state index in [-0.39, 0.29) is 0 Å². The minimum Gasteiger partial charge on any atom is -0.495 e. The van der Waals surface area contributed by atoms with Crippen molar-refractivity contribution in [1.29, 1.82) is 0 Å². The monoisotopic (exact) mass is 355 g/mol. The van der Waals surface area contributed by atoms with Crippen molar-refractivity contribution in [1.82, 2.24) is 0 Å². The summed E-state index contributed by atoms with van der Waals surface area (Å²) in [7, 11) is 3.23. The van der Waals surface area contributed by atoms with Crippen molar-refractivity contribution in [2.75, 3.05) is 14.2 Å². The van der Waals surface area contributed by atoms with Crippen LogP contribution in [-0.2, 0) is 6.54 Å². The van der Waals surface area contributed by atoms with Crippen LogP contribution >= 0.6 is 27.5 Å². The molecule has 0 saturated heterocycles. The zero-order valence-electron chi connectivity index (χ0n) is 11.2. The van der Waals surface area contributed by atoms with Crippen LogP contribution in [0.15, 0.2) is 34.8 Å². The van der Waals surface area contributed by atoms with Crippen LogP contribution in [0.3, 0.4) is 0 Å². The summed E-state index contributed by atoms with van der Waals surface area (Å²) in [5.74, 6) is 1.40. The van der Waals surface area contributed by atoms with Crippen molar-refractivity contribution in [2.45, 2.75) is 6.54 Å². The molecule has 0 radical (unpaired) electrons. The van der Waals surface area contributed by atoms with Gasteiger partial charge in [-0.25, -0.2) is 0 Å². The van der Waals surface area contributed by atoms with Gasteiger partial charge in [-0.2, -0.15) is 0 Å². The summed E-state index contributed by atoms with van der Waals surface area (Å²) < 4.78 is 11.5.